The molecule has 1 aliphatic rings. The zero-order chi connectivity index (χ0) is 20.7. The summed E-state index contributed by atoms with van der Waals surface area (Å²) in [7, 11) is 0. The number of carbonyl (C=O) groups is 2. The van der Waals surface area contributed by atoms with Crippen molar-refractivity contribution in [3.8, 4) is 0 Å². The fraction of sp³-hybridized carbons (Fsp3) is 0.136. The summed E-state index contributed by atoms with van der Waals surface area (Å²) in [6.07, 6.45) is 0. The summed E-state index contributed by atoms with van der Waals surface area (Å²) in [5.41, 5.74) is 1.66. The molecule has 1 aromatic heterocycles. The van der Waals surface area contributed by atoms with Gasteiger partial charge in [0.05, 0.1) is 17.3 Å². The molecule has 4 rings (SSSR count). The van der Waals surface area contributed by atoms with Crippen LogP contribution in [-0.4, -0.2) is 21.8 Å². The number of aliphatic hydroxyl groups is 1. The quantitative estimate of drug-likeness (QED) is 0.393. The highest BCUT2D eigenvalue weighted by atomic mass is 32.1. The van der Waals surface area contributed by atoms with Crippen LogP contribution >= 0.6 is 11.3 Å². The predicted octanol–water partition coefficient (Wildman–Crippen LogP) is 4.53. The minimum absolute atomic E-state index is 0.0432. The van der Waals surface area contributed by atoms with Gasteiger partial charge in [-0.2, -0.15) is 0 Å². The molecule has 2 heterocycles. The molecule has 0 saturated carbocycles. The number of thiazole rings is 1. The molecule has 1 N–H and O–H groups in total. The van der Waals surface area contributed by atoms with Gasteiger partial charge in [-0.1, -0.05) is 30.3 Å². The van der Waals surface area contributed by atoms with Crippen LogP contribution in [0.4, 0.5) is 9.52 Å². The lowest BCUT2D eigenvalue weighted by Crippen LogP contribution is -2.29. The van der Waals surface area contributed by atoms with Gasteiger partial charge in [0.2, 0.25) is 0 Å². The van der Waals surface area contributed by atoms with Crippen LogP contribution in [0.1, 0.15) is 27.7 Å². The number of benzene rings is 2. The summed E-state index contributed by atoms with van der Waals surface area (Å²) in [5.74, 6) is -2.36. The molecule has 7 heteroatoms. The third-order valence-corrected chi connectivity index (χ3v) is 5.97. The first-order chi connectivity index (χ1) is 13.9. The van der Waals surface area contributed by atoms with Gasteiger partial charge in [0.1, 0.15) is 11.6 Å². The van der Waals surface area contributed by atoms with E-state index in [1.165, 1.54) is 40.5 Å². The van der Waals surface area contributed by atoms with Crippen molar-refractivity contribution in [1.82, 2.24) is 4.98 Å². The van der Waals surface area contributed by atoms with Gasteiger partial charge in [0.25, 0.3) is 5.78 Å². The zero-order valence-electron chi connectivity index (χ0n) is 15.7. The first kappa shape index (κ1) is 19.0. The second-order valence-corrected chi connectivity index (χ2v) is 7.91. The van der Waals surface area contributed by atoms with Crippen LogP contribution in [0.5, 0.6) is 0 Å². The van der Waals surface area contributed by atoms with E-state index in [0.717, 1.165) is 10.6 Å². The number of hydrogen-bond acceptors (Lipinski definition) is 5. The van der Waals surface area contributed by atoms with E-state index in [2.05, 4.69) is 4.98 Å². The van der Waals surface area contributed by atoms with Crippen molar-refractivity contribution in [2.75, 3.05) is 4.90 Å². The molecule has 5 nitrogen and oxygen atoms in total. The minimum atomic E-state index is -0.828. The molecule has 0 bridgehead atoms. The highest BCUT2D eigenvalue weighted by Crippen LogP contribution is 2.43. The molecule has 1 atom stereocenters. The summed E-state index contributed by atoms with van der Waals surface area (Å²) in [6.45, 7) is 3.73. The topological polar surface area (TPSA) is 70.5 Å². The normalized spacial score (nSPS) is 18.4. The van der Waals surface area contributed by atoms with E-state index < -0.39 is 23.5 Å². The fourth-order valence-corrected chi connectivity index (χ4v) is 4.24. The van der Waals surface area contributed by atoms with Gasteiger partial charge >= 0.3 is 5.91 Å². The summed E-state index contributed by atoms with van der Waals surface area (Å²) in [5, 5.41) is 11.3. The molecule has 1 amide bonds. The number of aliphatic hydroxyl groups excluding tert-OH is 1. The van der Waals surface area contributed by atoms with Gasteiger partial charge in [0.15, 0.2) is 5.13 Å². The lowest BCUT2D eigenvalue weighted by Gasteiger charge is -2.23. The number of rotatable bonds is 3. The van der Waals surface area contributed by atoms with Crippen molar-refractivity contribution in [3.05, 3.63) is 87.7 Å². The van der Waals surface area contributed by atoms with Crippen LogP contribution in [0.3, 0.4) is 0 Å². The molecule has 0 radical (unpaired) electrons. The van der Waals surface area contributed by atoms with Crippen LogP contribution in [0.2, 0.25) is 0 Å². The highest BCUT2D eigenvalue weighted by Gasteiger charge is 2.48. The van der Waals surface area contributed by atoms with Crippen molar-refractivity contribution in [3.63, 3.8) is 0 Å². The maximum atomic E-state index is 13.3. The first-order valence-corrected chi connectivity index (χ1v) is 9.76. The standard InChI is InChI=1S/C22H17FN2O3S/c1-12-13(2)29-22(24-12)25-18(14-6-4-3-5-7-14)17(20(27)21(25)28)19(26)15-8-10-16(23)11-9-15/h3-11,18,26H,1-2H3/b19-17-. The Morgan fingerprint density at radius 2 is 1.72 bits per heavy atom. The Hall–Kier alpha value is -3.32. The van der Waals surface area contributed by atoms with Crippen LogP contribution in [-0.2, 0) is 9.59 Å². The molecule has 29 heavy (non-hydrogen) atoms. The highest BCUT2D eigenvalue weighted by molar-refractivity contribution is 7.16. The van der Waals surface area contributed by atoms with Crippen molar-refractivity contribution >= 4 is 33.9 Å². The summed E-state index contributed by atoms with van der Waals surface area (Å²) >= 11 is 1.32. The molecule has 1 unspecified atom stereocenters. The molecule has 1 aliphatic heterocycles. The maximum absolute atomic E-state index is 13.3. The smallest absolute Gasteiger partial charge is 0.301 e. The molecular weight excluding hydrogens is 391 g/mol. The Morgan fingerprint density at radius 1 is 1.07 bits per heavy atom. The Balaban J connectivity index is 1.94. The minimum Gasteiger partial charge on any atom is -0.507 e. The molecular formula is C22H17FN2O3S. The third-order valence-electron chi connectivity index (χ3n) is 4.90. The molecule has 0 spiro atoms. The Morgan fingerprint density at radius 3 is 2.31 bits per heavy atom. The number of halogens is 1. The van der Waals surface area contributed by atoms with E-state index in [-0.39, 0.29) is 16.9 Å². The van der Waals surface area contributed by atoms with Gasteiger partial charge in [-0.05, 0) is 43.7 Å². The summed E-state index contributed by atoms with van der Waals surface area (Å²) < 4.78 is 13.3. The van der Waals surface area contributed by atoms with E-state index >= 15 is 0 Å². The lowest BCUT2D eigenvalue weighted by atomic mass is 9.95. The SMILES string of the molecule is Cc1nc(N2C(=O)C(=O)/C(=C(\O)c3ccc(F)cc3)C2c2ccccc2)sc1C. The first-order valence-electron chi connectivity index (χ1n) is 8.94. The lowest BCUT2D eigenvalue weighted by molar-refractivity contribution is -0.132. The number of anilines is 1. The number of aryl methyl sites for hydroxylation is 2. The monoisotopic (exact) mass is 408 g/mol. The average Bonchev–Trinajstić information content (AvgIpc) is 3.18. The average molecular weight is 408 g/mol. The molecule has 0 aliphatic carbocycles. The Kier molecular flexibility index (Phi) is 4.76. The van der Waals surface area contributed by atoms with E-state index in [1.54, 1.807) is 24.3 Å². The number of hydrogen-bond donors (Lipinski definition) is 1. The Labute approximate surface area is 170 Å². The number of aromatic nitrogens is 1. The largest absolute Gasteiger partial charge is 0.507 e. The molecule has 2 aromatic carbocycles. The Bertz CT molecular complexity index is 1120. The number of amides is 1. The van der Waals surface area contributed by atoms with Gasteiger partial charge < -0.3 is 5.11 Å². The van der Waals surface area contributed by atoms with Gasteiger partial charge in [-0.25, -0.2) is 9.37 Å². The fourth-order valence-electron chi connectivity index (χ4n) is 3.30. The molecule has 1 fully saturated rings. The second kappa shape index (κ2) is 7.25. The molecule has 146 valence electrons. The van der Waals surface area contributed by atoms with Crippen molar-refractivity contribution in [2.45, 2.75) is 19.9 Å². The maximum Gasteiger partial charge on any atom is 0.301 e. The molecule has 3 aromatic rings. The van der Waals surface area contributed by atoms with Crippen molar-refractivity contribution < 1.29 is 19.1 Å². The number of nitrogens with zero attached hydrogens (tertiary/aromatic N) is 2. The third kappa shape index (κ3) is 3.23. The zero-order valence-corrected chi connectivity index (χ0v) is 16.5. The van der Waals surface area contributed by atoms with Crippen molar-refractivity contribution in [2.24, 2.45) is 0 Å². The van der Waals surface area contributed by atoms with Crippen LogP contribution in [0, 0.1) is 19.7 Å². The molecule has 1 saturated heterocycles. The van der Waals surface area contributed by atoms with E-state index in [1.807, 2.05) is 19.9 Å². The van der Waals surface area contributed by atoms with Crippen LogP contribution in [0.15, 0.2) is 60.2 Å². The van der Waals surface area contributed by atoms with Crippen LogP contribution < -0.4 is 4.90 Å². The van der Waals surface area contributed by atoms with E-state index in [4.69, 9.17) is 0 Å². The van der Waals surface area contributed by atoms with Crippen LogP contribution in [0.25, 0.3) is 5.76 Å². The number of ketones is 1. The van der Waals surface area contributed by atoms with Gasteiger partial charge in [-0.15, -0.1) is 11.3 Å². The second-order valence-electron chi connectivity index (χ2n) is 6.72. The van der Waals surface area contributed by atoms with Gasteiger partial charge in [0, 0.05) is 10.4 Å². The summed E-state index contributed by atoms with van der Waals surface area (Å²) in [4.78, 5) is 32.6. The van der Waals surface area contributed by atoms with Crippen molar-refractivity contribution in [1.29, 1.82) is 0 Å². The predicted molar refractivity (Wildman–Crippen MR) is 109 cm³/mol. The van der Waals surface area contributed by atoms with Gasteiger partial charge in [-0.3, -0.25) is 14.5 Å². The van der Waals surface area contributed by atoms with E-state index in [9.17, 15) is 19.1 Å². The number of carbonyl (C=O) groups excluding carboxylic acids is 2. The summed E-state index contributed by atoms with van der Waals surface area (Å²) in [6, 6.07) is 13.3. The number of Topliss-reactive ketones (excluding diaryl/α,β-unsaturated/α-hetero) is 1. The van der Waals surface area contributed by atoms with E-state index in [0.29, 0.717) is 10.7 Å².